The van der Waals surface area contributed by atoms with Crippen LogP contribution >= 0.6 is 11.8 Å². The van der Waals surface area contributed by atoms with Gasteiger partial charge in [-0.2, -0.15) is 34.3 Å². The fraction of sp³-hybridized carbons (Fsp3) is 0.545. The van der Waals surface area contributed by atoms with E-state index >= 15 is 0 Å². The van der Waals surface area contributed by atoms with Crippen LogP contribution in [0.2, 0.25) is 0 Å². The van der Waals surface area contributed by atoms with E-state index in [9.17, 15) is 17.6 Å². The molecule has 0 amide bonds. The van der Waals surface area contributed by atoms with E-state index in [1.165, 1.54) is 0 Å². The summed E-state index contributed by atoms with van der Waals surface area (Å²) < 4.78 is 52.3. The van der Waals surface area contributed by atoms with Crippen molar-refractivity contribution in [2.24, 2.45) is 0 Å². The molecule has 1 saturated carbocycles. The minimum atomic E-state index is -1.64. The molecule has 0 spiro atoms. The van der Waals surface area contributed by atoms with E-state index in [-0.39, 0.29) is 11.3 Å². The van der Waals surface area contributed by atoms with Gasteiger partial charge in [0, 0.05) is 11.3 Å². The van der Waals surface area contributed by atoms with Crippen LogP contribution in [0, 0.1) is 23.5 Å². The van der Waals surface area contributed by atoms with Crippen molar-refractivity contribution in [1.82, 2.24) is 4.98 Å². The van der Waals surface area contributed by atoms with Crippen molar-refractivity contribution in [2.75, 3.05) is 18.1 Å². The van der Waals surface area contributed by atoms with E-state index in [2.05, 4.69) is 10.3 Å². The summed E-state index contributed by atoms with van der Waals surface area (Å²) in [6.07, 6.45) is 4.79. The third kappa shape index (κ3) is 2.28. The quantitative estimate of drug-likeness (QED) is 0.676. The molecule has 1 heterocycles. The predicted octanol–water partition coefficient (Wildman–Crippen LogP) is 3.34. The zero-order valence-electron chi connectivity index (χ0n) is 9.70. The first-order chi connectivity index (χ1) is 8.49. The fourth-order valence-corrected chi connectivity index (χ4v) is 2.83. The van der Waals surface area contributed by atoms with Gasteiger partial charge in [-0.15, -0.1) is 0 Å². The highest BCUT2D eigenvalue weighted by Gasteiger charge is 2.36. The van der Waals surface area contributed by atoms with Crippen LogP contribution in [-0.4, -0.2) is 22.5 Å². The average molecular weight is 280 g/mol. The number of rotatable bonds is 4. The molecule has 0 bridgehead atoms. The van der Waals surface area contributed by atoms with Crippen molar-refractivity contribution in [2.45, 2.75) is 24.0 Å². The molecule has 7 heteroatoms. The number of anilines is 1. The van der Waals surface area contributed by atoms with Crippen molar-refractivity contribution in [1.29, 1.82) is 0 Å². The van der Waals surface area contributed by atoms with Crippen molar-refractivity contribution in [3.63, 3.8) is 0 Å². The number of hydrogen-bond donors (Lipinski definition) is 1. The van der Waals surface area contributed by atoms with Gasteiger partial charge in [0.1, 0.15) is 5.69 Å². The van der Waals surface area contributed by atoms with Crippen LogP contribution < -0.4 is 5.32 Å². The summed E-state index contributed by atoms with van der Waals surface area (Å²) in [5, 5.41) is 2.47. The van der Waals surface area contributed by atoms with E-state index < -0.39 is 29.2 Å². The Labute approximate surface area is 106 Å². The lowest BCUT2D eigenvalue weighted by molar-refractivity contribution is 0.375. The summed E-state index contributed by atoms with van der Waals surface area (Å²) >= 11 is 1.59. The van der Waals surface area contributed by atoms with Gasteiger partial charge in [-0.05, 0) is 19.1 Å². The minimum Gasteiger partial charge on any atom is -0.379 e. The molecule has 1 N–H and O–H groups in total. The van der Waals surface area contributed by atoms with E-state index in [1.807, 2.05) is 6.26 Å². The topological polar surface area (TPSA) is 24.9 Å². The van der Waals surface area contributed by atoms with Gasteiger partial charge in [-0.3, -0.25) is 0 Å². The number of nitrogens with one attached hydrogen (secondary N) is 1. The van der Waals surface area contributed by atoms with Crippen LogP contribution in [0.5, 0.6) is 0 Å². The molecule has 0 atom stereocenters. The smallest absolute Gasteiger partial charge is 0.253 e. The second kappa shape index (κ2) is 4.95. The van der Waals surface area contributed by atoms with E-state index in [0.29, 0.717) is 0 Å². The van der Waals surface area contributed by atoms with Gasteiger partial charge in [0.05, 0.1) is 0 Å². The summed E-state index contributed by atoms with van der Waals surface area (Å²) in [6, 6.07) is 0. The number of nitrogens with zero attached hydrogens (tertiary/aromatic N) is 1. The molecule has 0 unspecified atom stereocenters. The molecule has 0 radical (unpaired) electrons. The van der Waals surface area contributed by atoms with Crippen LogP contribution in [0.25, 0.3) is 0 Å². The normalized spacial score (nSPS) is 17.4. The molecule has 2 nitrogen and oxygen atoms in total. The molecular formula is C11H12F4N2S. The minimum absolute atomic E-state index is 0.102. The predicted molar refractivity (Wildman–Crippen MR) is 62.7 cm³/mol. The lowest BCUT2D eigenvalue weighted by Crippen LogP contribution is -2.40. The van der Waals surface area contributed by atoms with Gasteiger partial charge in [0.25, 0.3) is 11.9 Å². The zero-order valence-corrected chi connectivity index (χ0v) is 10.5. The molecule has 0 saturated heterocycles. The summed E-state index contributed by atoms with van der Waals surface area (Å²) in [6.45, 7) is 0.269. The molecular weight excluding hydrogens is 268 g/mol. The summed E-state index contributed by atoms with van der Waals surface area (Å²) in [7, 11) is 0. The molecule has 1 aromatic rings. The number of aromatic nitrogens is 1. The maximum Gasteiger partial charge on any atom is 0.253 e. The molecule has 1 aliphatic rings. The Morgan fingerprint density at radius 3 is 2.11 bits per heavy atom. The molecule has 0 aromatic carbocycles. The second-order valence-electron chi connectivity index (χ2n) is 4.29. The summed E-state index contributed by atoms with van der Waals surface area (Å²) in [4.78, 5) is 2.50. The van der Waals surface area contributed by atoms with Crippen LogP contribution in [-0.2, 0) is 0 Å². The Hall–Kier alpha value is -0.980. The first kappa shape index (κ1) is 13.5. The van der Waals surface area contributed by atoms with Gasteiger partial charge < -0.3 is 5.32 Å². The van der Waals surface area contributed by atoms with E-state index in [1.54, 1.807) is 11.8 Å². The molecule has 1 aromatic heterocycles. The highest BCUT2D eigenvalue weighted by molar-refractivity contribution is 8.00. The van der Waals surface area contributed by atoms with Crippen molar-refractivity contribution in [3.05, 3.63) is 23.5 Å². The standard InChI is InChI=1S/C11H12F4N2S/c1-18-11(3-2-4-11)5-16-8-6(12)9(14)17-10(15)7(8)13/h2-5H2,1H3,(H,16,17). The molecule has 18 heavy (non-hydrogen) atoms. The maximum absolute atomic E-state index is 13.3. The van der Waals surface area contributed by atoms with Crippen LogP contribution in [0.4, 0.5) is 23.2 Å². The lowest BCUT2D eigenvalue weighted by Gasteiger charge is -2.40. The fourth-order valence-electron chi connectivity index (χ4n) is 1.92. The first-order valence-corrected chi connectivity index (χ1v) is 6.70. The molecule has 1 aliphatic carbocycles. The summed E-state index contributed by atoms with van der Waals surface area (Å²) in [5.41, 5.74) is -0.777. The van der Waals surface area contributed by atoms with Crippen LogP contribution in [0.15, 0.2) is 0 Å². The monoisotopic (exact) mass is 280 g/mol. The van der Waals surface area contributed by atoms with Gasteiger partial charge in [0.2, 0.25) is 11.6 Å². The van der Waals surface area contributed by atoms with Gasteiger partial charge in [-0.1, -0.05) is 6.42 Å². The third-order valence-electron chi connectivity index (χ3n) is 3.28. The highest BCUT2D eigenvalue weighted by Crippen LogP contribution is 2.43. The van der Waals surface area contributed by atoms with E-state index in [0.717, 1.165) is 19.3 Å². The number of hydrogen-bond acceptors (Lipinski definition) is 3. The number of halogens is 4. The van der Waals surface area contributed by atoms with Crippen LogP contribution in [0.1, 0.15) is 19.3 Å². The summed E-state index contributed by atoms with van der Waals surface area (Å²) in [5.74, 6) is -6.24. The average Bonchev–Trinajstić information content (AvgIpc) is 2.29. The Morgan fingerprint density at radius 2 is 1.72 bits per heavy atom. The Balaban J connectivity index is 2.19. The highest BCUT2D eigenvalue weighted by atomic mass is 32.2. The molecule has 100 valence electrons. The Morgan fingerprint density at radius 1 is 1.17 bits per heavy atom. The Kier molecular flexibility index (Phi) is 3.70. The van der Waals surface area contributed by atoms with Crippen molar-refractivity contribution in [3.8, 4) is 0 Å². The second-order valence-corrected chi connectivity index (χ2v) is 5.56. The van der Waals surface area contributed by atoms with Gasteiger partial charge >= 0.3 is 0 Å². The zero-order chi connectivity index (χ0) is 13.3. The third-order valence-corrected chi connectivity index (χ3v) is 4.70. The molecule has 2 rings (SSSR count). The molecule has 1 fully saturated rings. The molecule has 0 aliphatic heterocycles. The van der Waals surface area contributed by atoms with Crippen molar-refractivity contribution >= 4 is 17.4 Å². The number of pyridine rings is 1. The van der Waals surface area contributed by atoms with E-state index in [4.69, 9.17) is 0 Å². The largest absolute Gasteiger partial charge is 0.379 e. The van der Waals surface area contributed by atoms with Crippen molar-refractivity contribution < 1.29 is 17.6 Å². The lowest BCUT2D eigenvalue weighted by atomic mass is 9.84. The van der Waals surface area contributed by atoms with Crippen LogP contribution in [0.3, 0.4) is 0 Å². The van der Waals surface area contributed by atoms with Gasteiger partial charge in [-0.25, -0.2) is 0 Å². The SMILES string of the molecule is CSC1(CNc2c(F)c(F)nc(F)c2F)CCC1. The number of thioether (sulfide) groups is 1. The van der Waals surface area contributed by atoms with Gasteiger partial charge in [0.15, 0.2) is 0 Å². The maximum atomic E-state index is 13.3. The first-order valence-electron chi connectivity index (χ1n) is 5.48. The Bertz CT molecular complexity index is 431.